The Labute approximate surface area is 103 Å². The molecule has 17 heavy (non-hydrogen) atoms. The van der Waals surface area contributed by atoms with Crippen molar-refractivity contribution in [3.63, 3.8) is 0 Å². The molecule has 0 heterocycles. The lowest BCUT2D eigenvalue weighted by Crippen LogP contribution is -1.96. The number of nitrogens with one attached hydrogen (secondary N) is 1. The van der Waals surface area contributed by atoms with Gasteiger partial charge in [-0.25, -0.2) is 0 Å². The highest BCUT2D eigenvalue weighted by Gasteiger charge is 1.96. The molecule has 0 spiro atoms. The Balaban J connectivity index is 0.000000317. The van der Waals surface area contributed by atoms with E-state index in [2.05, 4.69) is 61.3 Å². The smallest absolute Gasteiger partial charge is 0.0419 e. The van der Waals surface area contributed by atoms with Crippen LogP contribution in [0.1, 0.15) is 6.92 Å². The number of hydrogen-bond acceptors (Lipinski definition) is 2. The number of fused-ring (bicyclic) bond motifs is 1. The number of anilines is 1. The van der Waals surface area contributed by atoms with Gasteiger partial charge in [-0.15, -0.1) is 6.58 Å². The molecule has 0 radical (unpaired) electrons. The third kappa shape index (κ3) is 3.93. The van der Waals surface area contributed by atoms with Gasteiger partial charge in [0.1, 0.15) is 0 Å². The van der Waals surface area contributed by atoms with Gasteiger partial charge in [-0.3, -0.25) is 0 Å². The topological polar surface area (TPSA) is 38.0 Å². The van der Waals surface area contributed by atoms with Crippen molar-refractivity contribution in [1.82, 2.24) is 0 Å². The summed E-state index contributed by atoms with van der Waals surface area (Å²) in [5.74, 6) is 0. The van der Waals surface area contributed by atoms with Crippen LogP contribution in [0.2, 0.25) is 0 Å². The van der Waals surface area contributed by atoms with E-state index in [1.54, 1.807) is 6.08 Å². The monoisotopic (exact) mass is 228 g/mol. The standard InChI is InChI=1S/C12H13N.C3H7N/c1-2-13-12-9-5-7-10-6-3-4-8-11(10)12;1-2-3-4/h3-9,13H,2H2,1H3;2H,1,3-4H2. The molecule has 3 N–H and O–H groups in total. The van der Waals surface area contributed by atoms with Crippen LogP contribution in [0.4, 0.5) is 5.69 Å². The van der Waals surface area contributed by atoms with Crippen LogP contribution in [0.5, 0.6) is 0 Å². The molecule has 0 saturated carbocycles. The van der Waals surface area contributed by atoms with E-state index in [9.17, 15) is 0 Å². The largest absolute Gasteiger partial charge is 0.385 e. The van der Waals surface area contributed by atoms with Gasteiger partial charge in [-0.1, -0.05) is 42.5 Å². The lowest BCUT2D eigenvalue weighted by molar-refractivity contribution is 1.22. The second kappa shape index (κ2) is 7.47. The van der Waals surface area contributed by atoms with Crippen LogP contribution in [0.15, 0.2) is 55.1 Å². The quantitative estimate of drug-likeness (QED) is 0.790. The average Bonchev–Trinajstić information content (AvgIpc) is 2.40. The molecule has 2 aromatic carbocycles. The molecule has 0 aromatic heterocycles. The summed E-state index contributed by atoms with van der Waals surface area (Å²) < 4.78 is 0. The van der Waals surface area contributed by atoms with Crippen LogP contribution in [0.3, 0.4) is 0 Å². The molecule has 0 fully saturated rings. The van der Waals surface area contributed by atoms with E-state index in [1.807, 2.05) is 0 Å². The minimum Gasteiger partial charge on any atom is -0.385 e. The Bertz CT molecular complexity index is 458. The molecular formula is C15H20N2. The van der Waals surface area contributed by atoms with Crippen LogP contribution in [0.25, 0.3) is 10.8 Å². The zero-order valence-corrected chi connectivity index (χ0v) is 10.3. The van der Waals surface area contributed by atoms with Crippen molar-refractivity contribution in [2.45, 2.75) is 6.92 Å². The highest BCUT2D eigenvalue weighted by molar-refractivity contribution is 5.93. The zero-order chi connectivity index (χ0) is 12.5. The van der Waals surface area contributed by atoms with Gasteiger partial charge in [0.05, 0.1) is 0 Å². The molecule has 0 aliphatic rings. The Morgan fingerprint density at radius 3 is 2.47 bits per heavy atom. The fourth-order valence-electron chi connectivity index (χ4n) is 1.57. The number of nitrogens with two attached hydrogens (primary N) is 1. The van der Waals surface area contributed by atoms with E-state index in [1.165, 1.54) is 16.5 Å². The molecule has 2 heteroatoms. The Hall–Kier alpha value is -1.80. The summed E-state index contributed by atoms with van der Waals surface area (Å²) in [4.78, 5) is 0. The SMILES string of the molecule is C=CCN.CCNc1cccc2ccccc12. The molecule has 0 amide bonds. The first-order valence-corrected chi connectivity index (χ1v) is 5.86. The number of benzene rings is 2. The van der Waals surface area contributed by atoms with Crippen LogP contribution >= 0.6 is 0 Å². The van der Waals surface area contributed by atoms with Crippen molar-refractivity contribution in [3.8, 4) is 0 Å². The van der Waals surface area contributed by atoms with Crippen LogP contribution < -0.4 is 11.1 Å². The maximum Gasteiger partial charge on any atom is 0.0419 e. The molecule has 0 aliphatic heterocycles. The van der Waals surface area contributed by atoms with E-state index in [0.717, 1.165) is 6.54 Å². The van der Waals surface area contributed by atoms with Gasteiger partial charge in [-0.2, -0.15) is 0 Å². The summed E-state index contributed by atoms with van der Waals surface area (Å²) in [5.41, 5.74) is 6.13. The molecule has 90 valence electrons. The highest BCUT2D eigenvalue weighted by Crippen LogP contribution is 2.22. The van der Waals surface area contributed by atoms with Crippen molar-refractivity contribution < 1.29 is 0 Å². The van der Waals surface area contributed by atoms with Crippen molar-refractivity contribution in [2.24, 2.45) is 5.73 Å². The highest BCUT2D eigenvalue weighted by atomic mass is 14.8. The molecule has 0 saturated heterocycles. The van der Waals surface area contributed by atoms with Crippen molar-refractivity contribution >= 4 is 16.5 Å². The summed E-state index contributed by atoms with van der Waals surface area (Å²) in [6, 6.07) is 14.8. The lowest BCUT2D eigenvalue weighted by atomic mass is 10.1. The molecule has 0 unspecified atom stereocenters. The van der Waals surface area contributed by atoms with Gasteiger partial charge < -0.3 is 11.1 Å². The first kappa shape index (κ1) is 13.3. The van der Waals surface area contributed by atoms with Gasteiger partial charge in [0, 0.05) is 24.2 Å². The maximum atomic E-state index is 4.91. The second-order valence-electron chi connectivity index (χ2n) is 3.58. The predicted octanol–water partition coefficient (Wildman–Crippen LogP) is 3.40. The summed E-state index contributed by atoms with van der Waals surface area (Å²) in [6.45, 7) is 7.02. The molecular weight excluding hydrogens is 208 g/mol. The van der Waals surface area contributed by atoms with E-state index < -0.39 is 0 Å². The Morgan fingerprint density at radius 2 is 1.82 bits per heavy atom. The van der Waals surface area contributed by atoms with Gasteiger partial charge in [0.2, 0.25) is 0 Å². The minimum atomic E-state index is 0.583. The Kier molecular flexibility index (Phi) is 5.83. The minimum absolute atomic E-state index is 0.583. The van der Waals surface area contributed by atoms with Crippen LogP contribution in [-0.4, -0.2) is 13.1 Å². The Morgan fingerprint density at radius 1 is 1.18 bits per heavy atom. The van der Waals surface area contributed by atoms with Crippen molar-refractivity contribution in [3.05, 3.63) is 55.1 Å². The summed E-state index contributed by atoms with van der Waals surface area (Å²) in [7, 11) is 0. The molecule has 2 aromatic rings. The second-order valence-corrected chi connectivity index (χ2v) is 3.58. The number of rotatable bonds is 3. The van der Waals surface area contributed by atoms with Gasteiger partial charge >= 0.3 is 0 Å². The lowest BCUT2D eigenvalue weighted by Gasteiger charge is -2.06. The third-order valence-electron chi connectivity index (χ3n) is 2.32. The first-order valence-electron chi connectivity index (χ1n) is 5.86. The summed E-state index contributed by atoms with van der Waals surface area (Å²) >= 11 is 0. The van der Waals surface area contributed by atoms with E-state index in [-0.39, 0.29) is 0 Å². The van der Waals surface area contributed by atoms with E-state index in [4.69, 9.17) is 5.73 Å². The molecule has 0 aliphatic carbocycles. The molecule has 0 bridgehead atoms. The first-order chi connectivity index (χ1) is 8.33. The summed E-state index contributed by atoms with van der Waals surface area (Å²) in [5, 5.41) is 5.94. The van der Waals surface area contributed by atoms with Crippen LogP contribution in [-0.2, 0) is 0 Å². The average molecular weight is 228 g/mol. The van der Waals surface area contributed by atoms with Gasteiger partial charge in [0.25, 0.3) is 0 Å². The van der Waals surface area contributed by atoms with E-state index in [0.29, 0.717) is 6.54 Å². The normalized spacial score (nSPS) is 9.29. The van der Waals surface area contributed by atoms with Gasteiger partial charge in [0.15, 0.2) is 0 Å². The number of hydrogen-bond donors (Lipinski definition) is 2. The summed E-state index contributed by atoms with van der Waals surface area (Å²) in [6.07, 6.45) is 1.65. The predicted molar refractivity (Wildman–Crippen MR) is 77.4 cm³/mol. The third-order valence-corrected chi connectivity index (χ3v) is 2.32. The fraction of sp³-hybridized carbons (Fsp3) is 0.200. The van der Waals surface area contributed by atoms with Crippen molar-refractivity contribution in [2.75, 3.05) is 18.4 Å². The molecule has 2 rings (SSSR count). The molecule has 2 nitrogen and oxygen atoms in total. The van der Waals surface area contributed by atoms with Gasteiger partial charge in [-0.05, 0) is 18.4 Å². The maximum absolute atomic E-state index is 4.91. The fourth-order valence-corrected chi connectivity index (χ4v) is 1.57. The van der Waals surface area contributed by atoms with E-state index >= 15 is 0 Å². The molecule has 0 atom stereocenters. The van der Waals surface area contributed by atoms with Crippen LogP contribution in [0, 0.1) is 0 Å². The van der Waals surface area contributed by atoms with Crippen molar-refractivity contribution in [1.29, 1.82) is 0 Å². The zero-order valence-electron chi connectivity index (χ0n) is 10.3.